The third-order valence-corrected chi connectivity index (χ3v) is 5.63. The smallest absolute Gasteiger partial charge is 0.0923 e. The monoisotopic (exact) mass is 345 g/mol. The molecule has 2 saturated heterocycles. The summed E-state index contributed by atoms with van der Waals surface area (Å²) in [6.45, 7) is 5.03. The Balaban J connectivity index is 1.41. The fraction of sp³-hybridized carbons (Fsp3) is 0.500. The maximum atomic E-state index is 6.30. The molecule has 0 radical (unpaired) electrons. The SMILES string of the molecule is c1ccc(CO[C@@H]2[C@H](NCc3cccs3)CN3CCOC[C@@H]23)nc1. The summed E-state index contributed by atoms with van der Waals surface area (Å²) >= 11 is 1.79. The van der Waals surface area contributed by atoms with E-state index in [4.69, 9.17) is 9.47 Å². The van der Waals surface area contributed by atoms with Crippen LogP contribution in [-0.2, 0) is 22.6 Å². The highest BCUT2D eigenvalue weighted by Gasteiger charge is 2.43. The minimum absolute atomic E-state index is 0.132. The van der Waals surface area contributed by atoms with Crippen molar-refractivity contribution in [1.82, 2.24) is 15.2 Å². The topological polar surface area (TPSA) is 46.6 Å². The van der Waals surface area contributed by atoms with Gasteiger partial charge in [-0.05, 0) is 23.6 Å². The van der Waals surface area contributed by atoms with Crippen LogP contribution in [0.2, 0.25) is 0 Å². The first-order chi connectivity index (χ1) is 11.9. The van der Waals surface area contributed by atoms with E-state index >= 15 is 0 Å². The van der Waals surface area contributed by atoms with Crippen LogP contribution in [0, 0.1) is 0 Å². The molecule has 3 atom stereocenters. The van der Waals surface area contributed by atoms with Crippen molar-refractivity contribution in [3.8, 4) is 0 Å². The van der Waals surface area contributed by atoms with E-state index in [0.717, 1.165) is 38.5 Å². The van der Waals surface area contributed by atoms with E-state index in [2.05, 4.69) is 32.7 Å². The zero-order valence-corrected chi connectivity index (χ0v) is 14.5. The molecular formula is C18H23N3O2S. The molecular weight excluding hydrogens is 322 g/mol. The van der Waals surface area contributed by atoms with Gasteiger partial charge < -0.3 is 14.8 Å². The van der Waals surface area contributed by atoms with E-state index in [1.54, 1.807) is 11.3 Å². The summed E-state index contributed by atoms with van der Waals surface area (Å²) in [7, 11) is 0. The molecule has 0 bridgehead atoms. The van der Waals surface area contributed by atoms with Crippen LogP contribution in [0.3, 0.4) is 0 Å². The molecule has 0 aliphatic carbocycles. The number of ether oxygens (including phenoxy) is 2. The molecule has 128 valence electrons. The fourth-order valence-electron chi connectivity index (χ4n) is 3.53. The lowest BCUT2D eigenvalue weighted by molar-refractivity contribution is -0.0542. The van der Waals surface area contributed by atoms with Crippen molar-refractivity contribution in [3.05, 3.63) is 52.5 Å². The zero-order valence-electron chi connectivity index (χ0n) is 13.6. The largest absolute Gasteiger partial charge is 0.378 e. The van der Waals surface area contributed by atoms with Crippen LogP contribution < -0.4 is 5.32 Å². The molecule has 0 aromatic carbocycles. The second kappa shape index (κ2) is 7.72. The molecule has 2 aromatic rings. The molecule has 4 rings (SSSR count). The zero-order chi connectivity index (χ0) is 16.2. The van der Waals surface area contributed by atoms with Crippen LogP contribution in [0.15, 0.2) is 41.9 Å². The van der Waals surface area contributed by atoms with Crippen molar-refractivity contribution in [2.45, 2.75) is 31.3 Å². The van der Waals surface area contributed by atoms with Crippen molar-refractivity contribution < 1.29 is 9.47 Å². The molecule has 0 amide bonds. The number of hydrogen-bond acceptors (Lipinski definition) is 6. The van der Waals surface area contributed by atoms with Gasteiger partial charge in [0, 0.05) is 36.8 Å². The predicted octanol–water partition coefficient (Wildman–Crippen LogP) is 1.90. The molecule has 2 aliphatic rings. The van der Waals surface area contributed by atoms with Crippen molar-refractivity contribution >= 4 is 11.3 Å². The van der Waals surface area contributed by atoms with Gasteiger partial charge in [0.25, 0.3) is 0 Å². The number of pyridine rings is 1. The van der Waals surface area contributed by atoms with Crippen molar-refractivity contribution in [2.24, 2.45) is 0 Å². The lowest BCUT2D eigenvalue weighted by atomic mass is 10.1. The van der Waals surface area contributed by atoms with Gasteiger partial charge in [-0.3, -0.25) is 9.88 Å². The van der Waals surface area contributed by atoms with Gasteiger partial charge >= 0.3 is 0 Å². The highest BCUT2D eigenvalue weighted by Crippen LogP contribution is 2.25. The van der Waals surface area contributed by atoms with Crippen LogP contribution in [0.4, 0.5) is 0 Å². The van der Waals surface area contributed by atoms with Crippen molar-refractivity contribution in [1.29, 1.82) is 0 Å². The summed E-state index contributed by atoms with van der Waals surface area (Å²) in [4.78, 5) is 8.23. The van der Waals surface area contributed by atoms with Crippen molar-refractivity contribution in [2.75, 3.05) is 26.3 Å². The molecule has 1 N–H and O–H groups in total. The normalized spacial score (nSPS) is 27.2. The van der Waals surface area contributed by atoms with Gasteiger partial charge in [-0.1, -0.05) is 12.1 Å². The Bertz CT molecular complexity index is 622. The Morgan fingerprint density at radius 3 is 3.17 bits per heavy atom. The molecule has 0 unspecified atom stereocenters. The number of nitrogens with zero attached hydrogens (tertiary/aromatic N) is 2. The first kappa shape index (κ1) is 16.2. The summed E-state index contributed by atoms with van der Waals surface area (Å²) in [6, 6.07) is 10.9. The van der Waals surface area contributed by atoms with E-state index < -0.39 is 0 Å². The van der Waals surface area contributed by atoms with Gasteiger partial charge in [0.1, 0.15) is 0 Å². The predicted molar refractivity (Wildman–Crippen MR) is 93.9 cm³/mol. The lowest BCUT2D eigenvalue weighted by Crippen LogP contribution is -2.47. The van der Waals surface area contributed by atoms with Gasteiger partial charge in [0.05, 0.1) is 37.7 Å². The van der Waals surface area contributed by atoms with Gasteiger partial charge in [0.15, 0.2) is 0 Å². The summed E-state index contributed by atoms with van der Waals surface area (Å²) in [6.07, 6.45) is 1.95. The number of nitrogens with one attached hydrogen (secondary N) is 1. The minimum Gasteiger partial charge on any atom is -0.378 e. The summed E-state index contributed by atoms with van der Waals surface area (Å²) in [5, 5.41) is 5.82. The van der Waals surface area contributed by atoms with Gasteiger partial charge in [-0.2, -0.15) is 0 Å². The number of morpholine rings is 1. The molecule has 4 heterocycles. The van der Waals surface area contributed by atoms with Crippen LogP contribution in [0.1, 0.15) is 10.6 Å². The van der Waals surface area contributed by atoms with E-state index in [9.17, 15) is 0 Å². The average molecular weight is 345 g/mol. The summed E-state index contributed by atoms with van der Waals surface area (Å²) < 4.78 is 12.0. The van der Waals surface area contributed by atoms with E-state index in [1.807, 2.05) is 24.4 Å². The maximum Gasteiger partial charge on any atom is 0.0923 e. The van der Waals surface area contributed by atoms with Gasteiger partial charge in [0.2, 0.25) is 0 Å². The first-order valence-electron chi connectivity index (χ1n) is 8.49. The van der Waals surface area contributed by atoms with E-state index in [1.165, 1.54) is 4.88 Å². The molecule has 5 nitrogen and oxygen atoms in total. The van der Waals surface area contributed by atoms with Crippen LogP contribution in [0.25, 0.3) is 0 Å². The Labute approximate surface area is 146 Å². The standard InChI is InChI=1S/C18H23N3O2S/c1-2-6-19-14(4-1)12-23-18-16(20-10-15-5-3-9-24-15)11-21-7-8-22-13-17(18)21/h1-6,9,16-18,20H,7-8,10-13H2/t16-,17+,18-/m1/s1. The third-order valence-electron chi connectivity index (χ3n) is 4.76. The lowest BCUT2D eigenvalue weighted by Gasteiger charge is -2.32. The van der Waals surface area contributed by atoms with E-state index in [0.29, 0.717) is 18.7 Å². The number of rotatable bonds is 6. The van der Waals surface area contributed by atoms with Crippen LogP contribution >= 0.6 is 11.3 Å². The second-order valence-electron chi connectivity index (χ2n) is 6.30. The maximum absolute atomic E-state index is 6.30. The number of fused-ring (bicyclic) bond motifs is 1. The average Bonchev–Trinajstić information content (AvgIpc) is 3.26. The molecule has 0 spiro atoms. The van der Waals surface area contributed by atoms with Crippen molar-refractivity contribution in [3.63, 3.8) is 0 Å². The first-order valence-corrected chi connectivity index (χ1v) is 9.37. The fourth-order valence-corrected chi connectivity index (χ4v) is 4.18. The second-order valence-corrected chi connectivity index (χ2v) is 7.33. The third kappa shape index (κ3) is 3.68. The molecule has 24 heavy (non-hydrogen) atoms. The molecule has 6 heteroatoms. The Hall–Kier alpha value is -1.31. The number of thiophene rings is 1. The van der Waals surface area contributed by atoms with Gasteiger partial charge in [-0.15, -0.1) is 11.3 Å². The van der Waals surface area contributed by atoms with Crippen LogP contribution in [-0.4, -0.2) is 54.4 Å². The minimum atomic E-state index is 0.132. The molecule has 0 saturated carbocycles. The summed E-state index contributed by atoms with van der Waals surface area (Å²) in [5.74, 6) is 0. The Kier molecular flexibility index (Phi) is 5.20. The number of hydrogen-bond donors (Lipinski definition) is 1. The number of aromatic nitrogens is 1. The Morgan fingerprint density at radius 2 is 2.33 bits per heavy atom. The van der Waals surface area contributed by atoms with Gasteiger partial charge in [-0.25, -0.2) is 0 Å². The molecule has 2 fully saturated rings. The molecule has 2 aromatic heterocycles. The summed E-state index contributed by atoms with van der Waals surface area (Å²) in [5.41, 5.74) is 0.977. The van der Waals surface area contributed by atoms with Crippen LogP contribution in [0.5, 0.6) is 0 Å². The van der Waals surface area contributed by atoms with E-state index in [-0.39, 0.29) is 6.10 Å². The quantitative estimate of drug-likeness (QED) is 0.866. The Morgan fingerprint density at radius 1 is 1.33 bits per heavy atom. The highest BCUT2D eigenvalue weighted by atomic mass is 32.1. The highest BCUT2D eigenvalue weighted by molar-refractivity contribution is 7.09. The molecule has 2 aliphatic heterocycles.